The smallest absolute Gasteiger partial charge is 0.316 e. The maximum absolute atomic E-state index is 12.6. The third-order valence-electron chi connectivity index (χ3n) is 5.28. The maximum atomic E-state index is 12.6. The SMILES string of the molecule is Cc1c([C@H](NC(=O)NC2CCN(C(C)C)C2=O)C(C)C)oc2ccccc12. The molecule has 1 fully saturated rings. The Hall–Kier alpha value is -2.50. The lowest BCUT2D eigenvalue weighted by Crippen LogP contribution is -2.48. The highest BCUT2D eigenvalue weighted by Gasteiger charge is 2.34. The Morgan fingerprint density at radius 2 is 1.93 bits per heavy atom. The first-order chi connectivity index (χ1) is 12.8. The summed E-state index contributed by atoms with van der Waals surface area (Å²) in [5.41, 5.74) is 1.85. The highest BCUT2D eigenvalue weighted by atomic mass is 16.3. The highest BCUT2D eigenvalue weighted by molar-refractivity contribution is 5.89. The van der Waals surface area contributed by atoms with E-state index in [1.807, 2.05) is 58.9 Å². The van der Waals surface area contributed by atoms with Gasteiger partial charge in [-0.15, -0.1) is 0 Å². The van der Waals surface area contributed by atoms with Gasteiger partial charge >= 0.3 is 6.03 Å². The van der Waals surface area contributed by atoms with Crippen LogP contribution in [0.5, 0.6) is 0 Å². The number of carbonyl (C=O) groups is 2. The van der Waals surface area contributed by atoms with Crippen LogP contribution in [0.1, 0.15) is 51.5 Å². The van der Waals surface area contributed by atoms with Gasteiger partial charge < -0.3 is 20.0 Å². The van der Waals surface area contributed by atoms with E-state index >= 15 is 0 Å². The number of rotatable bonds is 5. The van der Waals surface area contributed by atoms with Crippen LogP contribution < -0.4 is 10.6 Å². The second kappa shape index (κ2) is 7.62. The summed E-state index contributed by atoms with van der Waals surface area (Å²) in [6.45, 7) is 10.7. The van der Waals surface area contributed by atoms with Gasteiger partial charge in [0.15, 0.2) is 0 Å². The number of hydrogen-bond acceptors (Lipinski definition) is 3. The lowest BCUT2D eigenvalue weighted by Gasteiger charge is -2.23. The summed E-state index contributed by atoms with van der Waals surface area (Å²) < 4.78 is 6.05. The molecule has 0 spiro atoms. The van der Waals surface area contributed by atoms with Crippen molar-refractivity contribution < 1.29 is 14.0 Å². The van der Waals surface area contributed by atoms with Crippen molar-refractivity contribution in [3.05, 3.63) is 35.6 Å². The van der Waals surface area contributed by atoms with E-state index in [9.17, 15) is 9.59 Å². The molecule has 2 aromatic rings. The van der Waals surface area contributed by atoms with Crippen LogP contribution >= 0.6 is 0 Å². The Labute approximate surface area is 160 Å². The van der Waals surface area contributed by atoms with Crippen molar-refractivity contribution in [2.75, 3.05) is 6.54 Å². The van der Waals surface area contributed by atoms with Crippen LogP contribution in [0, 0.1) is 12.8 Å². The summed E-state index contributed by atoms with van der Waals surface area (Å²) in [6.07, 6.45) is 0.639. The number of para-hydroxylation sites is 1. The lowest BCUT2D eigenvalue weighted by molar-refractivity contribution is -0.130. The number of furan rings is 1. The van der Waals surface area contributed by atoms with Gasteiger partial charge in [-0.1, -0.05) is 32.0 Å². The number of nitrogens with zero attached hydrogens (tertiary/aromatic N) is 1. The summed E-state index contributed by atoms with van der Waals surface area (Å²) >= 11 is 0. The molecule has 0 radical (unpaired) electrons. The number of likely N-dealkylation sites (tertiary alicyclic amines) is 1. The van der Waals surface area contributed by atoms with E-state index in [1.54, 1.807) is 4.90 Å². The third kappa shape index (κ3) is 3.80. The van der Waals surface area contributed by atoms with Gasteiger partial charge in [0.1, 0.15) is 17.4 Å². The first-order valence-electron chi connectivity index (χ1n) is 9.65. The molecule has 3 amide bonds. The van der Waals surface area contributed by atoms with Gasteiger partial charge in [-0.25, -0.2) is 4.79 Å². The van der Waals surface area contributed by atoms with Crippen LogP contribution in [-0.4, -0.2) is 35.5 Å². The molecule has 1 aliphatic rings. The lowest BCUT2D eigenvalue weighted by atomic mass is 9.98. The zero-order valence-electron chi connectivity index (χ0n) is 16.7. The van der Waals surface area contributed by atoms with E-state index in [2.05, 4.69) is 10.6 Å². The van der Waals surface area contributed by atoms with Gasteiger partial charge in [0.05, 0.1) is 6.04 Å². The summed E-state index contributed by atoms with van der Waals surface area (Å²) in [4.78, 5) is 26.8. The highest BCUT2D eigenvalue weighted by Crippen LogP contribution is 2.32. The van der Waals surface area contributed by atoms with Gasteiger partial charge in [-0.3, -0.25) is 4.79 Å². The molecule has 1 saturated heterocycles. The Morgan fingerprint density at radius 1 is 1.22 bits per heavy atom. The normalized spacial score (nSPS) is 18.6. The molecule has 2 N–H and O–H groups in total. The number of benzene rings is 1. The monoisotopic (exact) mass is 371 g/mol. The van der Waals surface area contributed by atoms with Crippen LogP contribution in [0.25, 0.3) is 11.0 Å². The molecule has 0 aliphatic carbocycles. The van der Waals surface area contributed by atoms with Crippen LogP contribution in [0.4, 0.5) is 4.79 Å². The Bertz CT molecular complexity index is 840. The number of fused-ring (bicyclic) bond motifs is 1. The summed E-state index contributed by atoms with van der Waals surface area (Å²) in [6, 6.07) is 6.95. The average molecular weight is 371 g/mol. The van der Waals surface area contributed by atoms with Gasteiger partial charge in [-0.05, 0) is 39.2 Å². The molecular formula is C21H29N3O3. The molecule has 1 aromatic heterocycles. The van der Waals surface area contributed by atoms with Gasteiger partial charge in [-0.2, -0.15) is 0 Å². The van der Waals surface area contributed by atoms with Gasteiger partial charge in [0.2, 0.25) is 5.91 Å². The minimum atomic E-state index is -0.461. The molecule has 2 atom stereocenters. The molecule has 1 aliphatic heterocycles. The molecule has 0 bridgehead atoms. The predicted octanol–water partition coefficient (Wildman–Crippen LogP) is 3.75. The number of urea groups is 1. The van der Waals surface area contributed by atoms with Crippen molar-refractivity contribution in [1.29, 1.82) is 0 Å². The number of aryl methyl sites for hydroxylation is 1. The standard InChI is InChI=1S/C21H29N3O3/c1-12(2)18(19-14(5)15-8-6-7-9-17(15)27-19)23-21(26)22-16-10-11-24(13(3)4)20(16)25/h6-9,12-13,16,18H,10-11H2,1-5H3,(H2,22,23,26)/t16?,18-/m1/s1. The number of carbonyl (C=O) groups excluding carboxylic acids is 2. The Kier molecular flexibility index (Phi) is 5.44. The molecule has 3 rings (SSSR count). The molecule has 6 heteroatoms. The topological polar surface area (TPSA) is 74.6 Å². The van der Waals surface area contributed by atoms with E-state index in [-0.39, 0.29) is 29.9 Å². The minimum Gasteiger partial charge on any atom is -0.459 e. The van der Waals surface area contributed by atoms with Gasteiger partial charge in [0.25, 0.3) is 0 Å². The first kappa shape index (κ1) is 19.3. The zero-order chi connectivity index (χ0) is 19.7. The molecular weight excluding hydrogens is 342 g/mol. The van der Waals surface area contributed by atoms with Crippen molar-refractivity contribution in [3.8, 4) is 0 Å². The summed E-state index contributed by atoms with van der Waals surface area (Å²) in [7, 11) is 0. The zero-order valence-corrected chi connectivity index (χ0v) is 16.7. The van der Waals surface area contributed by atoms with Crippen molar-refractivity contribution in [1.82, 2.24) is 15.5 Å². The predicted molar refractivity (Wildman–Crippen MR) is 105 cm³/mol. The molecule has 1 aromatic carbocycles. The second-order valence-corrected chi connectivity index (χ2v) is 7.89. The Morgan fingerprint density at radius 3 is 2.52 bits per heavy atom. The van der Waals surface area contributed by atoms with Crippen LogP contribution in [0.3, 0.4) is 0 Å². The fraction of sp³-hybridized carbons (Fsp3) is 0.524. The number of amides is 3. The van der Waals surface area contributed by atoms with Crippen molar-refractivity contribution in [2.45, 2.75) is 59.2 Å². The fourth-order valence-corrected chi connectivity index (χ4v) is 3.71. The molecule has 0 saturated carbocycles. The molecule has 2 heterocycles. The average Bonchev–Trinajstić information content (AvgIpc) is 3.14. The summed E-state index contributed by atoms with van der Waals surface area (Å²) in [5, 5.41) is 6.90. The van der Waals surface area contributed by atoms with Crippen molar-refractivity contribution in [3.63, 3.8) is 0 Å². The largest absolute Gasteiger partial charge is 0.459 e. The van der Waals surface area contributed by atoms with E-state index in [0.29, 0.717) is 13.0 Å². The summed E-state index contributed by atoms with van der Waals surface area (Å²) in [5.74, 6) is 0.894. The second-order valence-electron chi connectivity index (χ2n) is 7.89. The molecule has 27 heavy (non-hydrogen) atoms. The van der Waals surface area contributed by atoms with Gasteiger partial charge in [0, 0.05) is 23.5 Å². The van der Waals surface area contributed by atoms with Crippen LogP contribution in [0.2, 0.25) is 0 Å². The van der Waals surface area contributed by atoms with Crippen molar-refractivity contribution >= 4 is 22.9 Å². The van der Waals surface area contributed by atoms with E-state index in [4.69, 9.17) is 4.42 Å². The molecule has 146 valence electrons. The first-order valence-corrected chi connectivity index (χ1v) is 9.65. The fourth-order valence-electron chi connectivity index (χ4n) is 3.71. The van der Waals surface area contributed by atoms with Crippen LogP contribution in [-0.2, 0) is 4.79 Å². The molecule has 6 nitrogen and oxygen atoms in total. The Balaban J connectivity index is 1.74. The van der Waals surface area contributed by atoms with Crippen molar-refractivity contribution in [2.24, 2.45) is 5.92 Å². The van der Waals surface area contributed by atoms with E-state index in [0.717, 1.165) is 22.3 Å². The van der Waals surface area contributed by atoms with E-state index in [1.165, 1.54) is 0 Å². The van der Waals surface area contributed by atoms with Crippen LogP contribution in [0.15, 0.2) is 28.7 Å². The maximum Gasteiger partial charge on any atom is 0.316 e. The quantitative estimate of drug-likeness (QED) is 0.841. The third-order valence-corrected chi connectivity index (χ3v) is 5.28. The minimum absolute atomic E-state index is 0.0128. The number of hydrogen-bond donors (Lipinski definition) is 2. The number of nitrogens with one attached hydrogen (secondary N) is 2. The van der Waals surface area contributed by atoms with E-state index < -0.39 is 6.04 Å². The molecule has 1 unspecified atom stereocenters.